The predicted molar refractivity (Wildman–Crippen MR) is 97.4 cm³/mol. The Kier molecular flexibility index (Phi) is 7.58. The van der Waals surface area contributed by atoms with Gasteiger partial charge in [-0.15, -0.1) is 0 Å². The molecule has 0 saturated carbocycles. The summed E-state index contributed by atoms with van der Waals surface area (Å²) in [4.78, 5) is 23.5. The Morgan fingerprint density at radius 3 is 2.36 bits per heavy atom. The van der Waals surface area contributed by atoms with Crippen molar-refractivity contribution in [2.75, 3.05) is 13.2 Å². The Morgan fingerprint density at radius 1 is 1.24 bits per heavy atom. The van der Waals surface area contributed by atoms with Crippen molar-refractivity contribution in [1.82, 2.24) is 5.32 Å². The van der Waals surface area contributed by atoms with Gasteiger partial charge in [0, 0.05) is 6.54 Å². The molecular formula is C19H30N2O4. The average molecular weight is 350 g/mol. The van der Waals surface area contributed by atoms with E-state index in [0.717, 1.165) is 11.1 Å². The van der Waals surface area contributed by atoms with E-state index in [1.165, 1.54) is 0 Å². The van der Waals surface area contributed by atoms with Crippen LogP contribution in [-0.2, 0) is 15.0 Å². The molecule has 0 aliphatic rings. The third-order valence-corrected chi connectivity index (χ3v) is 5.04. The van der Waals surface area contributed by atoms with E-state index in [4.69, 9.17) is 10.8 Å². The second-order valence-electron chi connectivity index (χ2n) is 7.22. The molecule has 1 unspecified atom stereocenters. The number of aliphatic hydroxyl groups excluding tert-OH is 1. The lowest BCUT2D eigenvalue weighted by Gasteiger charge is -2.33. The minimum absolute atomic E-state index is 0.174. The van der Waals surface area contributed by atoms with E-state index in [-0.39, 0.29) is 18.4 Å². The van der Waals surface area contributed by atoms with E-state index in [1.807, 2.05) is 24.3 Å². The number of amides is 1. The van der Waals surface area contributed by atoms with Crippen molar-refractivity contribution in [3.8, 4) is 0 Å². The highest BCUT2D eigenvalue weighted by molar-refractivity contribution is 5.81. The molecule has 25 heavy (non-hydrogen) atoms. The number of nitrogens with one attached hydrogen (secondary N) is 1. The number of hydrogen-bond acceptors (Lipinski definition) is 4. The Morgan fingerprint density at radius 2 is 1.84 bits per heavy atom. The van der Waals surface area contributed by atoms with Crippen LogP contribution in [0.15, 0.2) is 24.3 Å². The van der Waals surface area contributed by atoms with Gasteiger partial charge in [-0.1, -0.05) is 52.0 Å². The number of aliphatic hydroxyl groups is 1. The van der Waals surface area contributed by atoms with Gasteiger partial charge in [-0.25, -0.2) is 0 Å². The lowest BCUT2D eigenvalue weighted by atomic mass is 9.71. The highest BCUT2D eigenvalue weighted by atomic mass is 16.4. The minimum Gasteiger partial charge on any atom is -0.481 e. The number of hydrogen-bond donors (Lipinski definition) is 4. The van der Waals surface area contributed by atoms with Crippen molar-refractivity contribution >= 4 is 11.9 Å². The van der Waals surface area contributed by atoms with E-state index in [1.54, 1.807) is 0 Å². The summed E-state index contributed by atoms with van der Waals surface area (Å²) in [5.41, 5.74) is 7.05. The first-order valence-electron chi connectivity index (χ1n) is 8.59. The van der Waals surface area contributed by atoms with Gasteiger partial charge >= 0.3 is 5.97 Å². The van der Waals surface area contributed by atoms with Crippen molar-refractivity contribution in [1.29, 1.82) is 0 Å². The summed E-state index contributed by atoms with van der Waals surface area (Å²) in [6.07, 6.45) is 0.254. The molecule has 1 aromatic rings. The van der Waals surface area contributed by atoms with Crippen LogP contribution in [0.2, 0.25) is 0 Å². The number of rotatable bonds is 9. The Bertz CT molecular complexity index is 599. The summed E-state index contributed by atoms with van der Waals surface area (Å²) in [6, 6.07) is 6.59. The molecule has 0 aromatic heterocycles. The molecule has 6 heteroatoms. The second kappa shape index (κ2) is 8.97. The van der Waals surface area contributed by atoms with Gasteiger partial charge in [0.05, 0.1) is 12.5 Å². The van der Waals surface area contributed by atoms with E-state index in [2.05, 4.69) is 33.0 Å². The van der Waals surface area contributed by atoms with Crippen LogP contribution in [0.25, 0.3) is 0 Å². The first-order chi connectivity index (χ1) is 11.6. The summed E-state index contributed by atoms with van der Waals surface area (Å²) in [7, 11) is 0. The number of carbonyl (C=O) groups is 2. The van der Waals surface area contributed by atoms with Crippen LogP contribution in [0.5, 0.6) is 0 Å². The number of nitrogens with two attached hydrogens (primary N) is 1. The highest BCUT2D eigenvalue weighted by Crippen LogP contribution is 2.37. The zero-order valence-corrected chi connectivity index (χ0v) is 15.5. The first-order valence-corrected chi connectivity index (χ1v) is 8.59. The monoisotopic (exact) mass is 350 g/mol. The normalized spacial score (nSPS) is 14.2. The van der Waals surface area contributed by atoms with Crippen molar-refractivity contribution < 1.29 is 19.8 Å². The Labute approximate surface area is 149 Å². The second-order valence-corrected chi connectivity index (χ2v) is 7.22. The van der Waals surface area contributed by atoms with Crippen LogP contribution in [0.1, 0.15) is 51.2 Å². The third kappa shape index (κ3) is 5.28. The third-order valence-electron chi connectivity index (χ3n) is 5.04. The van der Waals surface area contributed by atoms with Crippen molar-refractivity contribution in [2.45, 2.75) is 51.5 Å². The van der Waals surface area contributed by atoms with Gasteiger partial charge in [0.15, 0.2) is 0 Å². The number of carbonyl (C=O) groups excluding carboxylic acids is 1. The maximum Gasteiger partial charge on any atom is 0.311 e. The zero-order chi connectivity index (χ0) is 19.2. The Hall–Kier alpha value is -1.92. The highest BCUT2D eigenvalue weighted by Gasteiger charge is 2.31. The van der Waals surface area contributed by atoms with Crippen LogP contribution in [0, 0.1) is 5.92 Å². The Balaban J connectivity index is 3.01. The fourth-order valence-corrected chi connectivity index (χ4v) is 2.66. The summed E-state index contributed by atoms with van der Waals surface area (Å²) in [6.45, 7) is 8.18. The molecule has 0 bridgehead atoms. The van der Waals surface area contributed by atoms with Crippen LogP contribution in [0.4, 0.5) is 0 Å². The smallest absolute Gasteiger partial charge is 0.311 e. The predicted octanol–water partition coefficient (Wildman–Crippen LogP) is 1.61. The number of carboxylic acids is 1. The molecule has 0 saturated heterocycles. The molecule has 1 rings (SSSR count). The average Bonchev–Trinajstić information content (AvgIpc) is 2.57. The lowest BCUT2D eigenvalue weighted by molar-refractivity contribution is -0.139. The maximum absolute atomic E-state index is 11.8. The number of carboxylic acid groups (broad SMARTS) is 1. The van der Waals surface area contributed by atoms with Crippen molar-refractivity contribution in [2.24, 2.45) is 11.7 Å². The maximum atomic E-state index is 11.8. The minimum atomic E-state index is -0.990. The van der Waals surface area contributed by atoms with Gasteiger partial charge in [0.2, 0.25) is 5.91 Å². The standard InChI is InChI=1S/C19H30N2O4/c1-12(2)19(3,4)15-8-6-5-7-13(15)14(18(24)25)9-10-21-17(23)16(20)11-22/h5-8,12,14,16,22H,9-11,20H2,1-4H3,(H,21,23)(H,24,25)/t14?,16-/m0/s1. The molecule has 1 amide bonds. The summed E-state index contributed by atoms with van der Waals surface area (Å²) in [5.74, 6) is -1.79. The quantitative estimate of drug-likeness (QED) is 0.540. The van der Waals surface area contributed by atoms with Crippen LogP contribution < -0.4 is 11.1 Å². The topological polar surface area (TPSA) is 113 Å². The van der Waals surface area contributed by atoms with E-state index >= 15 is 0 Å². The molecule has 6 nitrogen and oxygen atoms in total. The summed E-state index contributed by atoms with van der Waals surface area (Å²) >= 11 is 0. The van der Waals surface area contributed by atoms with Crippen LogP contribution in [0.3, 0.4) is 0 Å². The molecule has 0 aliphatic carbocycles. The molecule has 0 heterocycles. The largest absolute Gasteiger partial charge is 0.481 e. The fraction of sp³-hybridized carbons (Fsp3) is 0.579. The number of benzene rings is 1. The molecule has 5 N–H and O–H groups in total. The van der Waals surface area contributed by atoms with Gasteiger partial charge in [-0.3, -0.25) is 9.59 Å². The van der Waals surface area contributed by atoms with E-state index in [0.29, 0.717) is 5.92 Å². The lowest BCUT2D eigenvalue weighted by Crippen LogP contribution is -2.43. The molecule has 0 spiro atoms. The summed E-state index contributed by atoms with van der Waals surface area (Å²) < 4.78 is 0. The molecule has 0 radical (unpaired) electrons. The van der Waals surface area contributed by atoms with Crippen molar-refractivity contribution in [3.05, 3.63) is 35.4 Å². The fourth-order valence-electron chi connectivity index (χ4n) is 2.66. The van der Waals surface area contributed by atoms with E-state index in [9.17, 15) is 14.7 Å². The van der Waals surface area contributed by atoms with Gasteiger partial charge in [0.25, 0.3) is 0 Å². The van der Waals surface area contributed by atoms with Gasteiger partial charge in [0.1, 0.15) is 6.04 Å². The van der Waals surface area contributed by atoms with Crippen LogP contribution >= 0.6 is 0 Å². The molecule has 2 atom stereocenters. The first kappa shape index (κ1) is 21.1. The summed E-state index contributed by atoms with van der Waals surface area (Å²) in [5, 5.41) is 21.2. The van der Waals surface area contributed by atoms with Crippen molar-refractivity contribution in [3.63, 3.8) is 0 Å². The SMILES string of the molecule is CC(C)C(C)(C)c1ccccc1C(CCNC(=O)[C@@H](N)CO)C(=O)O. The molecule has 140 valence electrons. The molecular weight excluding hydrogens is 320 g/mol. The van der Waals surface area contributed by atoms with Crippen LogP contribution in [-0.4, -0.2) is 41.3 Å². The number of aliphatic carboxylic acids is 1. The van der Waals surface area contributed by atoms with Gasteiger partial charge in [-0.05, 0) is 28.9 Å². The molecule has 1 aromatic carbocycles. The van der Waals surface area contributed by atoms with Gasteiger partial charge < -0.3 is 21.3 Å². The van der Waals surface area contributed by atoms with E-state index < -0.39 is 30.4 Å². The molecule has 0 aliphatic heterocycles. The molecule has 0 fully saturated rings. The van der Waals surface area contributed by atoms with Gasteiger partial charge in [-0.2, -0.15) is 0 Å². The zero-order valence-electron chi connectivity index (χ0n) is 15.5.